The van der Waals surface area contributed by atoms with Crippen molar-refractivity contribution in [3.05, 3.63) is 24.3 Å². The minimum atomic E-state index is -1.05. The molecular formula is C10H10AsNO4. The summed E-state index contributed by atoms with van der Waals surface area (Å²) in [6, 6.07) is 6.61. The van der Waals surface area contributed by atoms with Crippen molar-refractivity contribution < 1.29 is 18.4 Å². The first kappa shape index (κ1) is 12.6. The van der Waals surface area contributed by atoms with Gasteiger partial charge < -0.3 is 0 Å². The second-order valence-corrected chi connectivity index (χ2v) is 4.55. The van der Waals surface area contributed by atoms with Crippen molar-refractivity contribution in [2.24, 2.45) is 0 Å². The van der Waals surface area contributed by atoms with E-state index >= 15 is 0 Å². The summed E-state index contributed by atoms with van der Waals surface area (Å²) < 4.78 is 11.3. The summed E-state index contributed by atoms with van der Waals surface area (Å²) in [7, 11) is 0. The van der Waals surface area contributed by atoms with Crippen LogP contribution in [0.5, 0.6) is 0 Å². The number of carboxylic acids is 1. The zero-order valence-corrected chi connectivity index (χ0v) is 10.2. The number of nitrogens with one attached hydrogen (secondary N) is 1. The summed E-state index contributed by atoms with van der Waals surface area (Å²) in [6.45, 7) is 0. The van der Waals surface area contributed by atoms with Crippen LogP contribution in [0.3, 0.4) is 0 Å². The van der Waals surface area contributed by atoms with E-state index in [4.69, 9.17) is 5.11 Å². The minimum absolute atomic E-state index is 0.0510. The zero-order chi connectivity index (χ0) is 12.0. The first-order valence-electron chi connectivity index (χ1n) is 4.57. The Kier molecular flexibility index (Phi) is 4.86. The van der Waals surface area contributed by atoms with Crippen LogP contribution in [-0.2, 0) is 13.3 Å². The standard InChI is InChI=1S/C10H10AsNO4/c13-9(5-6-10(14)15)12-8-3-1-7(11-16)2-4-8/h1-4H,5-6H2,(H,12,13)(H,14,15). The van der Waals surface area contributed by atoms with Crippen molar-refractivity contribution in [1.82, 2.24) is 0 Å². The van der Waals surface area contributed by atoms with E-state index in [9.17, 15) is 13.3 Å². The molecule has 0 aliphatic carbocycles. The Morgan fingerprint density at radius 3 is 2.31 bits per heavy atom. The van der Waals surface area contributed by atoms with Gasteiger partial charge in [-0.05, 0) is 0 Å². The molecule has 1 aromatic rings. The van der Waals surface area contributed by atoms with Gasteiger partial charge in [0.1, 0.15) is 0 Å². The predicted octanol–water partition coefficient (Wildman–Crippen LogP) is 0.165. The van der Waals surface area contributed by atoms with Gasteiger partial charge >= 0.3 is 98.5 Å². The number of carbonyl (C=O) groups is 2. The van der Waals surface area contributed by atoms with Gasteiger partial charge in [0, 0.05) is 0 Å². The van der Waals surface area contributed by atoms with E-state index < -0.39 is 21.7 Å². The fourth-order valence-corrected chi connectivity index (χ4v) is 1.62. The van der Waals surface area contributed by atoms with Crippen molar-refractivity contribution in [1.29, 1.82) is 0 Å². The number of aliphatic carboxylic acids is 1. The van der Waals surface area contributed by atoms with Crippen LogP contribution in [0.1, 0.15) is 12.8 Å². The number of anilines is 1. The van der Waals surface area contributed by atoms with Gasteiger partial charge in [0.2, 0.25) is 0 Å². The topological polar surface area (TPSA) is 83.5 Å². The maximum atomic E-state index is 11.2. The van der Waals surface area contributed by atoms with E-state index in [-0.39, 0.29) is 18.7 Å². The van der Waals surface area contributed by atoms with E-state index in [1.165, 1.54) is 0 Å². The van der Waals surface area contributed by atoms with Crippen LogP contribution in [0.4, 0.5) is 5.69 Å². The fraction of sp³-hybridized carbons (Fsp3) is 0.200. The SMILES string of the molecule is O=[As]c1ccc(NC(=O)CCC(=O)O)cc1. The Bertz CT molecular complexity index is 402. The Hall–Kier alpha value is -1.48. The molecule has 0 atom stereocenters. The van der Waals surface area contributed by atoms with Crippen molar-refractivity contribution in [3.8, 4) is 0 Å². The van der Waals surface area contributed by atoms with E-state index in [2.05, 4.69) is 5.32 Å². The zero-order valence-electron chi connectivity index (χ0n) is 8.34. The van der Waals surface area contributed by atoms with Crippen LogP contribution >= 0.6 is 0 Å². The molecule has 6 heteroatoms. The Morgan fingerprint density at radius 1 is 1.19 bits per heavy atom. The molecule has 1 rings (SSSR count). The third-order valence-corrected chi connectivity index (χ3v) is 2.89. The molecule has 0 spiro atoms. The average Bonchev–Trinajstić information content (AvgIpc) is 2.27. The number of benzene rings is 1. The van der Waals surface area contributed by atoms with Crippen LogP contribution < -0.4 is 9.67 Å². The molecule has 84 valence electrons. The molecule has 0 bridgehead atoms. The van der Waals surface area contributed by atoms with Gasteiger partial charge in [0.25, 0.3) is 0 Å². The van der Waals surface area contributed by atoms with Gasteiger partial charge in [0.05, 0.1) is 0 Å². The molecule has 0 aromatic heterocycles. The normalized spacial score (nSPS) is 10.0. The van der Waals surface area contributed by atoms with Crippen LogP contribution in [0.15, 0.2) is 24.3 Å². The van der Waals surface area contributed by atoms with Gasteiger partial charge in [0.15, 0.2) is 0 Å². The molecule has 0 aliphatic heterocycles. The average molecular weight is 283 g/mol. The van der Waals surface area contributed by atoms with Crippen LogP contribution in [0.25, 0.3) is 0 Å². The number of hydrogen-bond acceptors (Lipinski definition) is 3. The summed E-state index contributed by atoms with van der Waals surface area (Å²) in [6.07, 6.45) is -0.236. The van der Waals surface area contributed by atoms with Gasteiger partial charge in [-0.25, -0.2) is 0 Å². The number of rotatable bonds is 5. The summed E-state index contributed by atoms with van der Waals surface area (Å²) in [4.78, 5) is 21.5. The van der Waals surface area contributed by atoms with Crippen molar-refractivity contribution in [2.45, 2.75) is 12.8 Å². The summed E-state index contributed by atoms with van der Waals surface area (Å²) in [5.74, 6) is -1.34. The number of amides is 1. The second-order valence-electron chi connectivity index (χ2n) is 3.08. The molecule has 1 aromatic carbocycles. The Labute approximate surface area is 98.8 Å². The summed E-state index contributed by atoms with van der Waals surface area (Å²) >= 11 is -1.05. The molecule has 5 nitrogen and oxygen atoms in total. The molecule has 0 fully saturated rings. The third-order valence-electron chi connectivity index (χ3n) is 1.82. The number of hydrogen-bond donors (Lipinski definition) is 2. The molecule has 2 N–H and O–H groups in total. The Morgan fingerprint density at radius 2 is 1.81 bits per heavy atom. The van der Waals surface area contributed by atoms with Crippen molar-refractivity contribution in [2.75, 3.05) is 5.32 Å². The van der Waals surface area contributed by atoms with Crippen LogP contribution in [0.2, 0.25) is 0 Å². The van der Waals surface area contributed by atoms with E-state index in [0.29, 0.717) is 5.69 Å². The number of carboxylic acid groups (broad SMARTS) is 1. The summed E-state index contributed by atoms with van der Waals surface area (Å²) in [5, 5.41) is 10.9. The molecule has 0 saturated heterocycles. The monoisotopic (exact) mass is 283 g/mol. The molecule has 0 saturated carbocycles. The maximum absolute atomic E-state index is 11.2. The van der Waals surface area contributed by atoms with Crippen molar-refractivity contribution >= 4 is 37.6 Å². The quantitative estimate of drug-likeness (QED) is 0.754. The second kappa shape index (κ2) is 6.18. The van der Waals surface area contributed by atoms with Crippen molar-refractivity contribution in [3.63, 3.8) is 0 Å². The van der Waals surface area contributed by atoms with Gasteiger partial charge in [-0.3, -0.25) is 0 Å². The van der Waals surface area contributed by atoms with Crippen LogP contribution in [0, 0.1) is 0 Å². The van der Waals surface area contributed by atoms with E-state index in [1.54, 1.807) is 24.3 Å². The van der Waals surface area contributed by atoms with E-state index in [0.717, 1.165) is 4.35 Å². The van der Waals surface area contributed by atoms with Gasteiger partial charge in [-0.15, -0.1) is 0 Å². The molecule has 16 heavy (non-hydrogen) atoms. The molecule has 0 unspecified atom stereocenters. The molecular weight excluding hydrogens is 273 g/mol. The predicted molar refractivity (Wildman–Crippen MR) is 58.0 cm³/mol. The first-order valence-corrected chi connectivity index (χ1v) is 6.27. The third kappa shape index (κ3) is 4.36. The molecule has 0 radical (unpaired) electrons. The number of carbonyl (C=O) groups excluding carboxylic acids is 1. The molecule has 0 aliphatic rings. The molecule has 0 heterocycles. The summed E-state index contributed by atoms with van der Waals surface area (Å²) in [5.41, 5.74) is 0.578. The van der Waals surface area contributed by atoms with Crippen LogP contribution in [-0.4, -0.2) is 32.7 Å². The van der Waals surface area contributed by atoms with Gasteiger partial charge in [-0.2, -0.15) is 0 Å². The van der Waals surface area contributed by atoms with E-state index in [1.807, 2.05) is 0 Å². The first-order chi connectivity index (χ1) is 7.61. The van der Waals surface area contributed by atoms with Gasteiger partial charge in [-0.1, -0.05) is 0 Å². The molecule has 1 amide bonds. The fourth-order valence-electron chi connectivity index (χ4n) is 1.05. The Balaban J connectivity index is 2.49.